The lowest BCUT2D eigenvalue weighted by atomic mass is 9.92. The van der Waals surface area contributed by atoms with Gasteiger partial charge in [-0.05, 0) is 64.4 Å². The van der Waals surface area contributed by atoms with Crippen LogP contribution in [0.25, 0.3) is 69.6 Å². The predicted molar refractivity (Wildman–Crippen MR) is 187 cm³/mol. The first-order chi connectivity index (χ1) is 21.9. The van der Waals surface area contributed by atoms with Crippen molar-refractivity contribution in [3.63, 3.8) is 0 Å². The minimum atomic E-state index is 1.20. The zero-order valence-corrected chi connectivity index (χ0v) is 24.6. The van der Waals surface area contributed by atoms with Gasteiger partial charge in [-0.1, -0.05) is 108 Å². The second kappa shape index (κ2) is 9.00. The Kier molecular flexibility index (Phi) is 4.90. The van der Waals surface area contributed by atoms with E-state index >= 15 is 0 Å². The monoisotopic (exact) mass is 577 g/mol. The molecule has 1 aliphatic heterocycles. The van der Waals surface area contributed by atoms with Crippen molar-refractivity contribution in [2.75, 3.05) is 0 Å². The molecule has 0 fully saturated rings. The highest BCUT2D eigenvalue weighted by Gasteiger charge is 2.34. The average Bonchev–Trinajstić information content (AvgIpc) is 3.62. The summed E-state index contributed by atoms with van der Waals surface area (Å²) in [6.45, 7) is 0. The summed E-state index contributed by atoms with van der Waals surface area (Å²) in [5, 5.41) is 10.4. The highest BCUT2D eigenvalue weighted by molar-refractivity contribution is 7.26. The molecule has 0 unspecified atom stereocenters. The number of hydrogen-bond donors (Lipinski definition) is 0. The van der Waals surface area contributed by atoms with Crippen LogP contribution >= 0.6 is 11.3 Å². The Labute approximate surface area is 257 Å². The molecule has 10 rings (SSSR count). The molecule has 0 atom stereocenters. The Balaban J connectivity index is 1.43. The molecule has 3 heteroatoms. The molecule has 3 heterocycles. The van der Waals surface area contributed by atoms with Crippen LogP contribution in [-0.2, 0) is 0 Å². The minimum absolute atomic E-state index is 1.20. The number of para-hydroxylation sites is 2. The molecule has 1 aliphatic rings. The number of nitrogens with zero attached hydrogens (tertiary/aromatic N) is 2. The molecule has 0 bridgehead atoms. The standard InChI is InChI=1S/C41H25N2S/c1-3-13-26(14-4-1)32-25-35-38(31-23-24-37-40(39(31)32)30-19-9-12-22-36(30)44-37)28-17-7-10-20-33(28)42(35)43-34-21-11-8-18-29(34)41(43)27-15-5-2-6-16-27/h1-25H/q+1. The van der Waals surface area contributed by atoms with Crippen LogP contribution in [0.15, 0.2) is 152 Å². The van der Waals surface area contributed by atoms with Gasteiger partial charge in [-0.2, -0.15) is 0 Å². The summed E-state index contributed by atoms with van der Waals surface area (Å²) in [4.78, 5) is 0. The zero-order valence-electron chi connectivity index (χ0n) is 23.7. The van der Waals surface area contributed by atoms with Crippen LogP contribution in [-0.4, -0.2) is 4.68 Å². The summed E-state index contributed by atoms with van der Waals surface area (Å²) in [6.07, 6.45) is 0. The fourth-order valence-corrected chi connectivity index (χ4v) is 8.47. The fourth-order valence-electron chi connectivity index (χ4n) is 7.36. The Morgan fingerprint density at radius 2 is 1.14 bits per heavy atom. The van der Waals surface area contributed by atoms with Gasteiger partial charge in [0.25, 0.3) is 11.1 Å². The lowest BCUT2D eigenvalue weighted by molar-refractivity contribution is 0.625. The van der Waals surface area contributed by atoms with Crippen LogP contribution in [0.2, 0.25) is 0 Å². The van der Waals surface area contributed by atoms with Crippen molar-refractivity contribution < 1.29 is 0 Å². The quantitative estimate of drug-likeness (QED) is 0.185. The van der Waals surface area contributed by atoms with Gasteiger partial charge >= 0.3 is 0 Å². The first kappa shape index (κ1) is 24.0. The molecule has 44 heavy (non-hydrogen) atoms. The molecule has 9 aromatic rings. The molecular weight excluding hydrogens is 553 g/mol. The third-order valence-electron chi connectivity index (χ3n) is 9.18. The maximum absolute atomic E-state index is 2.46. The number of rotatable bonds is 3. The van der Waals surface area contributed by atoms with Gasteiger partial charge in [0.15, 0.2) is 0 Å². The normalized spacial score (nSPS) is 12.9. The van der Waals surface area contributed by atoms with E-state index in [0.29, 0.717) is 0 Å². The molecule has 0 amide bonds. The molecule has 0 N–H and O–H groups in total. The van der Waals surface area contributed by atoms with E-state index in [1.165, 1.54) is 85.7 Å². The number of aromatic nitrogens is 1. The van der Waals surface area contributed by atoms with Crippen LogP contribution in [0.4, 0.5) is 0 Å². The maximum atomic E-state index is 2.46. The lowest BCUT2D eigenvalue weighted by Crippen LogP contribution is -2.53. The van der Waals surface area contributed by atoms with E-state index in [-0.39, 0.29) is 0 Å². The van der Waals surface area contributed by atoms with Crippen molar-refractivity contribution in [2.24, 2.45) is 0 Å². The molecule has 0 saturated heterocycles. The summed E-state index contributed by atoms with van der Waals surface area (Å²) in [6, 6.07) is 55.4. The molecule has 204 valence electrons. The van der Waals surface area contributed by atoms with Gasteiger partial charge < -0.3 is 0 Å². The Bertz CT molecular complexity index is 2750. The first-order valence-corrected chi connectivity index (χ1v) is 15.9. The third kappa shape index (κ3) is 3.17. The Morgan fingerprint density at radius 1 is 0.455 bits per heavy atom. The van der Waals surface area contributed by atoms with Gasteiger partial charge in [0.05, 0.1) is 0 Å². The predicted octanol–water partition coefficient (Wildman–Crippen LogP) is 9.11. The van der Waals surface area contributed by atoms with Gasteiger partial charge in [0.2, 0.25) is 0 Å². The van der Waals surface area contributed by atoms with E-state index in [9.17, 15) is 0 Å². The average molecular weight is 578 g/mol. The smallest absolute Gasteiger partial charge is 0.135 e. The summed E-state index contributed by atoms with van der Waals surface area (Å²) in [5.74, 6) is 0. The molecule has 0 aliphatic carbocycles. The summed E-state index contributed by atoms with van der Waals surface area (Å²) in [5.41, 5.74) is 7.35. The summed E-state index contributed by atoms with van der Waals surface area (Å²) < 4.78 is 7.54. The lowest BCUT2D eigenvalue weighted by Gasteiger charge is -2.16. The van der Waals surface area contributed by atoms with E-state index in [1.54, 1.807) is 0 Å². The molecule has 2 nitrogen and oxygen atoms in total. The SMILES string of the molecule is c1ccc(C2=c3ccccc3=[N+]2n2c3ccccc3c3c4ccc5sc6ccccc6c5c4c(-c4ccccc4)cc32)cc1. The van der Waals surface area contributed by atoms with Crippen LogP contribution in [0.5, 0.6) is 0 Å². The minimum Gasteiger partial charge on any atom is -0.135 e. The number of hydrogen-bond acceptors (Lipinski definition) is 1. The van der Waals surface area contributed by atoms with Crippen molar-refractivity contribution in [1.29, 1.82) is 0 Å². The van der Waals surface area contributed by atoms with Gasteiger partial charge in [0, 0.05) is 42.6 Å². The Morgan fingerprint density at radius 3 is 1.98 bits per heavy atom. The second-order valence-electron chi connectivity index (χ2n) is 11.5. The summed E-state index contributed by atoms with van der Waals surface area (Å²) >= 11 is 1.89. The fraction of sp³-hybridized carbons (Fsp3) is 0. The van der Waals surface area contributed by atoms with Crippen LogP contribution in [0.3, 0.4) is 0 Å². The topological polar surface area (TPSA) is 7.94 Å². The molecule has 2 aromatic heterocycles. The zero-order chi connectivity index (χ0) is 28.8. The van der Waals surface area contributed by atoms with Crippen LogP contribution < -0.4 is 15.3 Å². The van der Waals surface area contributed by atoms with Crippen molar-refractivity contribution in [3.05, 3.63) is 168 Å². The summed E-state index contributed by atoms with van der Waals surface area (Å²) in [7, 11) is 0. The second-order valence-corrected chi connectivity index (χ2v) is 12.6. The highest BCUT2D eigenvalue weighted by atomic mass is 32.1. The van der Waals surface area contributed by atoms with Crippen molar-refractivity contribution in [3.8, 4) is 11.1 Å². The van der Waals surface area contributed by atoms with E-state index in [0.717, 1.165) is 0 Å². The van der Waals surface area contributed by atoms with Crippen LogP contribution in [0.1, 0.15) is 5.56 Å². The van der Waals surface area contributed by atoms with Gasteiger partial charge in [-0.15, -0.1) is 16.0 Å². The van der Waals surface area contributed by atoms with E-state index < -0.39 is 0 Å². The van der Waals surface area contributed by atoms with E-state index in [1.807, 2.05) is 11.3 Å². The van der Waals surface area contributed by atoms with E-state index in [2.05, 4.69) is 161 Å². The first-order valence-electron chi connectivity index (χ1n) is 15.0. The van der Waals surface area contributed by atoms with Crippen molar-refractivity contribution in [1.82, 2.24) is 9.36 Å². The molecule has 0 saturated carbocycles. The third-order valence-corrected chi connectivity index (χ3v) is 10.3. The molecule has 7 aromatic carbocycles. The van der Waals surface area contributed by atoms with Crippen molar-refractivity contribution >= 4 is 69.8 Å². The molecule has 0 spiro atoms. The van der Waals surface area contributed by atoms with Crippen LogP contribution in [0, 0.1) is 0 Å². The highest BCUT2D eigenvalue weighted by Crippen LogP contribution is 2.46. The van der Waals surface area contributed by atoms with Gasteiger partial charge in [0.1, 0.15) is 16.3 Å². The number of thiophene rings is 1. The molecular formula is C41H25N2S+. The Hall–Kier alpha value is -5.51. The van der Waals surface area contributed by atoms with Gasteiger partial charge in [-0.3, -0.25) is 0 Å². The van der Waals surface area contributed by atoms with Gasteiger partial charge in [-0.25, -0.2) is 0 Å². The maximum Gasteiger partial charge on any atom is 0.258 e. The molecule has 0 radical (unpaired) electrons. The number of fused-ring (bicyclic) bond motifs is 10. The largest absolute Gasteiger partial charge is 0.258 e. The van der Waals surface area contributed by atoms with E-state index in [4.69, 9.17) is 0 Å². The van der Waals surface area contributed by atoms with Crippen molar-refractivity contribution in [2.45, 2.75) is 0 Å². The number of benzene rings is 7.